The lowest BCUT2D eigenvalue weighted by Crippen LogP contribution is -2.46. The van der Waals surface area contributed by atoms with Crippen molar-refractivity contribution in [3.8, 4) is 17.6 Å². The molecule has 0 bridgehead atoms. The first-order valence-corrected chi connectivity index (χ1v) is 6.65. The zero-order valence-corrected chi connectivity index (χ0v) is 11.9. The van der Waals surface area contributed by atoms with Gasteiger partial charge in [-0.3, -0.25) is 5.32 Å². The quantitative estimate of drug-likeness (QED) is 0.782. The van der Waals surface area contributed by atoms with Gasteiger partial charge in [0.15, 0.2) is 0 Å². The van der Waals surface area contributed by atoms with Crippen LogP contribution in [0.1, 0.15) is 27.2 Å². The van der Waals surface area contributed by atoms with Gasteiger partial charge < -0.3 is 9.47 Å². The molecule has 1 aromatic rings. The Hall–Kier alpha value is -1.73. The summed E-state index contributed by atoms with van der Waals surface area (Å²) < 4.78 is 11.0. The standard InChI is InChI=1S/C15H22N2O2/c1-4-10-17-15(3,11-16)12-19-14-8-6-13(7-9-14)18-5-2/h6-9,17H,4-5,10,12H2,1-3H3. The first-order valence-electron chi connectivity index (χ1n) is 6.65. The van der Waals surface area contributed by atoms with Crippen LogP contribution in [-0.4, -0.2) is 25.3 Å². The maximum absolute atomic E-state index is 9.19. The summed E-state index contributed by atoms with van der Waals surface area (Å²) in [5.41, 5.74) is -0.658. The Morgan fingerprint density at radius 2 is 1.74 bits per heavy atom. The molecule has 4 heteroatoms. The summed E-state index contributed by atoms with van der Waals surface area (Å²) in [6.07, 6.45) is 0.986. The van der Waals surface area contributed by atoms with E-state index in [1.165, 1.54) is 0 Å². The molecule has 104 valence electrons. The second-order valence-electron chi connectivity index (χ2n) is 4.56. The van der Waals surface area contributed by atoms with E-state index in [0.29, 0.717) is 13.2 Å². The number of ether oxygens (including phenoxy) is 2. The largest absolute Gasteiger partial charge is 0.494 e. The summed E-state index contributed by atoms with van der Waals surface area (Å²) in [5, 5.41) is 12.4. The van der Waals surface area contributed by atoms with Crippen LogP contribution in [-0.2, 0) is 0 Å². The molecular formula is C15H22N2O2. The maximum Gasteiger partial charge on any atom is 0.138 e. The highest BCUT2D eigenvalue weighted by Crippen LogP contribution is 2.18. The van der Waals surface area contributed by atoms with Gasteiger partial charge in [0, 0.05) is 0 Å². The third kappa shape index (κ3) is 5.19. The Kier molecular flexibility index (Phi) is 6.17. The van der Waals surface area contributed by atoms with Crippen LogP contribution in [0.4, 0.5) is 0 Å². The van der Waals surface area contributed by atoms with E-state index in [4.69, 9.17) is 9.47 Å². The van der Waals surface area contributed by atoms with Gasteiger partial charge in [0.25, 0.3) is 0 Å². The Morgan fingerprint density at radius 3 is 2.21 bits per heavy atom. The number of hydrogen-bond donors (Lipinski definition) is 1. The van der Waals surface area contributed by atoms with Gasteiger partial charge >= 0.3 is 0 Å². The van der Waals surface area contributed by atoms with Crippen molar-refractivity contribution in [2.75, 3.05) is 19.8 Å². The van der Waals surface area contributed by atoms with Crippen molar-refractivity contribution < 1.29 is 9.47 Å². The molecule has 0 spiro atoms. The highest BCUT2D eigenvalue weighted by molar-refractivity contribution is 5.31. The van der Waals surface area contributed by atoms with Gasteiger partial charge in [-0.25, -0.2) is 0 Å². The lowest BCUT2D eigenvalue weighted by atomic mass is 10.1. The molecule has 1 unspecified atom stereocenters. The van der Waals surface area contributed by atoms with Gasteiger partial charge in [0.2, 0.25) is 0 Å². The molecule has 0 aliphatic carbocycles. The molecule has 0 aliphatic rings. The summed E-state index contributed by atoms with van der Waals surface area (Å²) in [4.78, 5) is 0. The summed E-state index contributed by atoms with van der Waals surface area (Å²) >= 11 is 0. The highest BCUT2D eigenvalue weighted by atomic mass is 16.5. The molecule has 0 saturated heterocycles. The molecule has 0 amide bonds. The predicted octanol–water partition coefficient (Wildman–Crippen LogP) is 2.75. The Bertz CT molecular complexity index is 411. The van der Waals surface area contributed by atoms with E-state index < -0.39 is 5.54 Å². The molecule has 0 heterocycles. The van der Waals surface area contributed by atoms with Gasteiger partial charge in [-0.1, -0.05) is 6.92 Å². The van der Waals surface area contributed by atoms with Crippen LogP contribution in [0.25, 0.3) is 0 Å². The van der Waals surface area contributed by atoms with Crippen molar-refractivity contribution in [3.05, 3.63) is 24.3 Å². The molecule has 0 radical (unpaired) electrons. The summed E-state index contributed by atoms with van der Waals surface area (Å²) in [6, 6.07) is 9.68. The third-order valence-corrected chi connectivity index (χ3v) is 2.67. The lowest BCUT2D eigenvalue weighted by molar-refractivity contribution is 0.234. The molecule has 4 nitrogen and oxygen atoms in total. The van der Waals surface area contributed by atoms with Crippen LogP contribution in [0, 0.1) is 11.3 Å². The average Bonchev–Trinajstić information content (AvgIpc) is 2.45. The number of hydrogen-bond acceptors (Lipinski definition) is 4. The van der Waals surface area contributed by atoms with Crippen LogP contribution >= 0.6 is 0 Å². The summed E-state index contributed by atoms with van der Waals surface area (Å²) in [5.74, 6) is 1.56. The number of nitriles is 1. The van der Waals surface area contributed by atoms with E-state index in [-0.39, 0.29) is 0 Å². The second kappa shape index (κ2) is 7.65. The molecule has 0 fully saturated rings. The summed E-state index contributed by atoms with van der Waals surface area (Å²) in [6.45, 7) is 7.62. The van der Waals surface area contributed by atoms with Crippen LogP contribution in [0.3, 0.4) is 0 Å². The fourth-order valence-electron chi connectivity index (χ4n) is 1.55. The number of nitrogens with one attached hydrogen (secondary N) is 1. The Labute approximate surface area is 115 Å². The average molecular weight is 262 g/mol. The fraction of sp³-hybridized carbons (Fsp3) is 0.533. The smallest absolute Gasteiger partial charge is 0.138 e. The van der Waals surface area contributed by atoms with Crippen LogP contribution in [0.2, 0.25) is 0 Å². The lowest BCUT2D eigenvalue weighted by Gasteiger charge is -2.23. The number of nitrogens with zero attached hydrogens (tertiary/aromatic N) is 1. The third-order valence-electron chi connectivity index (χ3n) is 2.67. The minimum atomic E-state index is -0.658. The minimum absolute atomic E-state index is 0.317. The van der Waals surface area contributed by atoms with E-state index >= 15 is 0 Å². The molecule has 19 heavy (non-hydrogen) atoms. The van der Waals surface area contributed by atoms with E-state index in [1.54, 1.807) is 0 Å². The van der Waals surface area contributed by atoms with Crippen molar-refractivity contribution in [1.29, 1.82) is 5.26 Å². The molecule has 0 aromatic heterocycles. The molecule has 1 aromatic carbocycles. The van der Waals surface area contributed by atoms with Crippen molar-refractivity contribution in [1.82, 2.24) is 5.32 Å². The molecular weight excluding hydrogens is 240 g/mol. The van der Waals surface area contributed by atoms with Crippen molar-refractivity contribution in [2.45, 2.75) is 32.7 Å². The fourth-order valence-corrected chi connectivity index (χ4v) is 1.55. The van der Waals surface area contributed by atoms with E-state index in [9.17, 15) is 5.26 Å². The van der Waals surface area contributed by atoms with E-state index in [1.807, 2.05) is 38.1 Å². The molecule has 1 atom stereocenters. The predicted molar refractivity (Wildman–Crippen MR) is 75.4 cm³/mol. The first-order chi connectivity index (χ1) is 9.13. The number of rotatable bonds is 8. The Balaban J connectivity index is 2.52. The maximum atomic E-state index is 9.19. The van der Waals surface area contributed by atoms with Crippen molar-refractivity contribution in [2.24, 2.45) is 0 Å². The summed E-state index contributed by atoms with van der Waals surface area (Å²) in [7, 11) is 0. The normalized spacial score (nSPS) is 13.4. The molecule has 0 aliphatic heterocycles. The van der Waals surface area contributed by atoms with Crippen molar-refractivity contribution in [3.63, 3.8) is 0 Å². The van der Waals surface area contributed by atoms with Crippen LogP contribution in [0.5, 0.6) is 11.5 Å². The minimum Gasteiger partial charge on any atom is -0.494 e. The van der Waals surface area contributed by atoms with E-state index in [0.717, 1.165) is 24.5 Å². The van der Waals surface area contributed by atoms with Gasteiger partial charge in [0.05, 0.1) is 12.7 Å². The molecule has 1 N–H and O–H groups in total. The molecule has 0 saturated carbocycles. The number of benzene rings is 1. The second-order valence-corrected chi connectivity index (χ2v) is 4.56. The SMILES string of the molecule is CCCNC(C)(C#N)COc1ccc(OCC)cc1. The van der Waals surface area contributed by atoms with Crippen LogP contribution in [0.15, 0.2) is 24.3 Å². The molecule has 1 rings (SSSR count). The van der Waals surface area contributed by atoms with Gasteiger partial charge in [-0.15, -0.1) is 0 Å². The Morgan fingerprint density at radius 1 is 1.16 bits per heavy atom. The van der Waals surface area contributed by atoms with Gasteiger partial charge in [-0.2, -0.15) is 5.26 Å². The van der Waals surface area contributed by atoms with Crippen molar-refractivity contribution >= 4 is 0 Å². The first kappa shape index (κ1) is 15.3. The highest BCUT2D eigenvalue weighted by Gasteiger charge is 2.23. The zero-order chi connectivity index (χ0) is 14.1. The van der Waals surface area contributed by atoms with Gasteiger partial charge in [-0.05, 0) is 51.1 Å². The zero-order valence-electron chi connectivity index (χ0n) is 11.9. The topological polar surface area (TPSA) is 54.3 Å². The van der Waals surface area contributed by atoms with Crippen LogP contribution < -0.4 is 14.8 Å². The van der Waals surface area contributed by atoms with Gasteiger partial charge in [0.1, 0.15) is 23.6 Å². The monoisotopic (exact) mass is 262 g/mol. The van der Waals surface area contributed by atoms with E-state index in [2.05, 4.69) is 18.3 Å².